The van der Waals surface area contributed by atoms with E-state index >= 15 is 0 Å². The van der Waals surface area contributed by atoms with E-state index in [1.165, 1.54) is 29.6 Å². The van der Waals surface area contributed by atoms with Crippen molar-refractivity contribution in [1.82, 2.24) is 9.88 Å². The van der Waals surface area contributed by atoms with E-state index in [1.807, 2.05) is 37.5 Å². The van der Waals surface area contributed by atoms with Crippen LogP contribution < -0.4 is 0 Å². The molecule has 2 fully saturated rings. The molecule has 2 saturated carbocycles. The monoisotopic (exact) mass is 432 g/mol. The molecule has 0 bridgehead atoms. The summed E-state index contributed by atoms with van der Waals surface area (Å²) >= 11 is 0. The molecule has 4 nitrogen and oxygen atoms in total. The maximum Gasteiger partial charge on any atom is 0.320 e. The second-order valence-corrected chi connectivity index (χ2v) is 11.0. The Balaban J connectivity index is 1.34. The van der Waals surface area contributed by atoms with Gasteiger partial charge in [-0.2, -0.15) is 0 Å². The summed E-state index contributed by atoms with van der Waals surface area (Å²) in [6.45, 7) is 5.29. The fourth-order valence-corrected chi connectivity index (χ4v) is 7.15. The number of carbonyl (C=O) groups excluding carboxylic acids is 1. The largest absolute Gasteiger partial charge is 0.461 e. The normalized spacial score (nSPS) is 35.8. The number of hydrogen-bond donors (Lipinski definition) is 0. The Morgan fingerprint density at radius 2 is 2.06 bits per heavy atom. The molecule has 0 saturated heterocycles. The number of esters is 1. The van der Waals surface area contributed by atoms with Crippen LogP contribution in [0.3, 0.4) is 0 Å². The van der Waals surface area contributed by atoms with Gasteiger partial charge in [0.15, 0.2) is 0 Å². The Labute approximate surface area is 192 Å². The van der Waals surface area contributed by atoms with Gasteiger partial charge in [-0.15, -0.1) is 0 Å². The predicted molar refractivity (Wildman–Crippen MR) is 128 cm³/mol. The number of aromatic nitrogens is 1. The number of likely N-dealkylation sites (N-methyl/N-ethyl adjacent to an activating group) is 1. The molecule has 4 aliphatic rings. The lowest BCUT2D eigenvalue weighted by atomic mass is 9.49. The molecule has 170 valence electrons. The summed E-state index contributed by atoms with van der Waals surface area (Å²) in [5.74, 6) is 1.19. The van der Waals surface area contributed by atoms with E-state index in [-0.39, 0.29) is 22.9 Å². The molecule has 0 amide bonds. The number of fused-ring (bicyclic) bond motifs is 5. The van der Waals surface area contributed by atoms with Gasteiger partial charge in [0.05, 0.1) is 6.54 Å². The van der Waals surface area contributed by atoms with Crippen molar-refractivity contribution in [3.63, 3.8) is 0 Å². The van der Waals surface area contributed by atoms with Crippen LogP contribution in [0.4, 0.5) is 0 Å². The van der Waals surface area contributed by atoms with Gasteiger partial charge >= 0.3 is 5.97 Å². The highest BCUT2D eigenvalue weighted by atomic mass is 16.5. The standard InChI is InChI=1S/C28H36N2O2/c1-27-13-11-21(32-26(31)18-30(3)4)16-20(27)7-8-22-24-10-9-23(19-6-5-15-29-17-19)28(24,2)14-12-25(22)27/h5-7,9-10,15,17,21-22,25H,8,11-14,16,18H2,1-4H3/t21-,22?,25?,27-,28+/m0/s1. The van der Waals surface area contributed by atoms with Crippen molar-refractivity contribution in [2.24, 2.45) is 22.7 Å². The number of rotatable bonds is 4. The highest BCUT2D eigenvalue weighted by Gasteiger charge is 2.54. The van der Waals surface area contributed by atoms with Gasteiger partial charge in [-0.3, -0.25) is 14.7 Å². The average Bonchev–Trinajstić information content (AvgIpc) is 3.11. The summed E-state index contributed by atoms with van der Waals surface area (Å²) in [4.78, 5) is 18.4. The summed E-state index contributed by atoms with van der Waals surface area (Å²) in [7, 11) is 3.82. The van der Waals surface area contributed by atoms with Crippen molar-refractivity contribution < 1.29 is 9.53 Å². The molecule has 32 heavy (non-hydrogen) atoms. The van der Waals surface area contributed by atoms with Crippen molar-refractivity contribution in [3.8, 4) is 0 Å². The van der Waals surface area contributed by atoms with Gasteiger partial charge < -0.3 is 4.74 Å². The molecule has 4 aliphatic carbocycles. The van der Waals surface area contributed by atoms with Crippen molar-refractivity contribution in [2.75, 3.05) is 20.6 Å². The summed E-state index contributed by atoms with van der Waals surface area (Å²) in [5, 5.41) is 0. The van der Waals surface area contributed by atoms with Crippen LogP contribution >= 0.6 is 0 Å². The van der Waals surface area contributed by atoms with E-state index in [2.05, 4.69) is 43.1 Å². The van der Waals surface area contributed by atoms with Crippen molar-refractivity contribution in [2.45, 2.75) is 58.5 Å². The van der Waals surface area contributed by atoms with Gasteiger partial charge in [-0.1, -0.05) is 49.3 Å². The molecular formula is C28H36N2O2. The fraction of sp³-hybridized carbons (Fsp3) is 0.571. The average molecular weight is 433 g/mol. The molecule has 1 heterocycles. The molecule has 0 aromatic carbocycles. The zero-order valence-corrected chi connectivity index (χ0v) is 19.9. The summed E-state index contributed by atoms with van der Waals surface area (Å²) in [6.07, 6.45) is 17.8. The van der Waals surface area contributed by atoms with E-state index in [0.717, 1.165) is 25.7 Å². The third-order valence-electron chi connectivity index (χ3n) is 8.82. The predicted octanol–water partition coefficient (Wildman–Crippen LogP) is 5.43. The highest BCUT2D eigenvalue weighted by Crippen LogP contribution is 2.64. The van der Waals surface area contributed by atoms with Crippen LogP contribution in [0.25, 0.3) is 5.57 Å². The van der Waals surface area contributed by atoms with Crippen LogP contribution in [-0.4, -0.2) is 42.6 Å². The first-order valence-corrected chi connectivity index (χ1v) is 12.2. The van der Waals surface area contributed by atoms with Gasteiger partial charge in [-0.25, -0.2) is 0 Å². The molecule has 1 aromatic rings. The van der Waals surface area contributed by atoms with Crippen LogP contribution in [-0.2, 0) is 9.53 Å². The summed E-state index contributed by atoms with van der Waals surface area (Å²) < 4.78 is 5.83. The van der Waals surface area contributed by atoms with Crippen molar-refractivity contribution in [3.05, 3.63) is 59.5 Å². The summed E-state index contributed by atoms with van der Waals surface area (Å²) in [5.41, 5.74) is 6.23. The first-order chi connectivity index (χ1) is 15.3. The van der Waals surface area contributed by atoms with Gasteiger partial charge in [0.25, 0.3) is 0 Å². The van der Waals surface area contributed by atoms with E-state index in [1.54, 1.807) is 5.57 Å². The Morgan fingerprint density at radius 3 is 2.81 bits per heavy atom. The lowest BCUT2D eigenvalue weighted by molar-refractivity contribution is -0.151. The first-order valence-electron chi connectivity index (χ1n) is 12.2. The SMILES string of the molecule is CN(C)CC(=O)O[C@H]1CC[C@@]2(C)C(=CCC3C4=CC=C(c5cccnc5)[C@@]4(C)CCC32)C1. The first kappa shape index (κ1) is 21.6. The maximum absolute atomic E-state index is 12.2. The molecule has 1 aromatic heterocycles. The van der Waals surface area contributed by atoms with E-state index in [0.29, 0.717) is 18.4 Å². The molecule has 0 aliphatic heterocycles. The van der Waals surface area contributed by atoms with Gasteiger partial charge in [0.2, 0.25) is 0 Å². The number of nitrogens with zero attached hydrogens (tertiary/aromatic N) is 2. The quantitative estimate of drug-likeness (QED) is 0.470. The van der Waals surface area contributed by atoms with Gasteiger partial charge in [0, 0.05) is 24.2 Å². The number of pyridine rings is 1. The third-order valence-corrected chi connectivity index (χ3v) is 8.82. The zero-order valence-electron chi connectivity index (χ0n) is 19.9. The van der Waals surface area contributed by atoms with Gasteiger partial charge in [-0.05, 0) is 80.7 Å². The highest BCUT2D eigenvalue weighted by molar-refractivity contribution is 5.78. The Bertz CT molecular complexity index is 992. The number of carbonyl (C=O) groups is 1. The summed E-state index contributed by atoms with van der Waals surface area (Å²) in [6, 6.07) is 4.25. The molecule has 0 spiro atoms. The van der Waals surface area contributed by atoms with Crippen LogP contribution in [0.15, 0.2) is 53.9 Å². The molecule has 0 N–H and O–H groups in total. The molecule has 5 atom stereocenters. The minimum Gasteiger partial charge on any atom is -0.461 e. The third kappa shape index (κ3) is 3.48. The van der Waals surface area contributed by atoms with Crippen LogP contribution in [0, 0.1) is 22.7 Å². The number of allylic oxidation sites excluding steroid dienone is 5. The van der Waals surface area contributed by atoms with Crippen LogP contribution in [0.2, 0.25) is 0 Å². The lowest BCUT2D eigenvalue weighted by Gasteiger charge is -2.56. The molecular weight excluding hydrogens is 396 g/mol. The molecule has 0 radical (unpaired) electrons. The van der Waals surface area contributed by atoms with E-state index < -0.39 is 0 Å². The second kappa shape index (κ2) is 7.98. The van der Waals surface area contributed by atoms with Crippen molar-refractivity contribution in [1.29, 1.82) is 0 Å². The Hall–Kier alpha value is -2.20. The minimum absolute atomic E-state index is 0.0386. The van der Waals surface area contributed by atoms with Crippen LogP contribution in [0.1, 0.15) is 57.9 Å². The topological polar surface area (TPSA) is 42.4 Å². The van der Waals surface area contributed by atoms with E-state index in [4.69, 9.17) is 4.74 Å². The van der Waals surface area contributed by atoms with Crippen LogP contribution in [0.5, 0.6) is 0 Å². The maximum atomic E-state index is 12.2. The lowest BCUT2D eigenvalue weighted by Crippen LogP contribution is -2.47. The Morgan fingerprint density at radius 1 is 1.22 bits per heavy atom. The number of ether oxygens (including phenoxy) is 1. The second-order valence-electron chi connectivity index (χ2n) is 11.0. The fourth-order valence-electron chi connectivity index (χ4n) is 7.15. The smallest absolute Gasteiger partial charge is 0.320 e. The Kier molecular flexibility index (Phi) is 5.40. The molecule has 4 heteroatoms. The number of hydrogen-bond acceptors (Lipinski definition) is 4. The van der Waals surface area contributed by atoms with Gasteiger partial charge in [0.1, 0.15) is 6.10 Å². The van der Waals surface area contributed by atoms with Crippen molar-refractivity contribution >= 4 is 11.5 Å². The van der Waals surface area contributed by atoms with E-state index in [9.17, 15) is 4.79 Å². The molecule has 2 unspecified atom stereocenters. The minimum atomic E-state index is -0.101. The zero-order chi connectivity index (χ0) is 22.5. The molecule has 5 rings (SSSR count).